The highest BCUT2D eigenvalue weighted by molar-refractivity contribution is 4.82. The summed E-state index contributed by atoms with van der Waals surface area (Å²) in [6, 6.07) is 0. The lowest BCUT2D eigenvalue weighted by atomic mass is 9.89. The van der Waals surface area contributed by atoms with E-state index >= 15 is 0 Å². The topological polar surface area (TPSA) is 24.1 Å². The van der Waals surface area contributed by atoms with Crippen LogP contribution < -0.4 is 10.6 Å². The summed E-state index contributed by atoms with van der Waals surface area (Å²) in [7, 11) is 0. The Kier molecular flexibility index (Phi) is 4.04. The fourth-order valence-corrected chi connectivity index (χ4v) is 3.06. The lowest BCUT2D eigenvalue weighted by molar-refractivity contribution is 0.310. The maximum atomic E-state index is 3.67. The predicted molar refractivity (Wildman–Crippen MR) is 65.0 cm³/mol. The summed E-state index contributed by atoms with van der Waals surface area (Å²) in [4.78, 5) is 0. The molecule has 1 heterocycles. The van der Waals surface area contributed by atoms with Crippen LogP contribution in [0.15, 0.2) is 0 Å². The molecule has 1 atom stereocenters. The maximum Gasteiger partial charge on any atom is 0.000516 e. The molecule has 1 aliphatic carbocycles. The molecule has 2 aliphatic rings. The first-order valence-corrected chi connectivity index (χ1v) is 6.70. The van der Waals surface area contributed by atoms with Gasteiger partial charge in [-0.05, 0) is 56.7 Å². The van der Waals surface area contributed by atoms with E-state index in [1.54, 1.807) is 0 Å². The van der Waals surface area contributed by atoms with E-state index in [0.717, 1.165) is 5.92 Å². The second kappa shape index (κ2) is 5.31. The number of hydrogen-bond donors (Lipinski definition) is 2. The second-order valence-corrected chi connectivity index (χ2v) is 5.84. The number of hydrogen-bond acceptors (Lipinski definition) is 2. The second-order valence-electron chi connectivity index (χ2n) is 5.84. The van der Waals surface area contributed by atoms with E-state index in [-0.39, 0.29) is 0 Å². The molecule has 88 valence electrons. The van der Waals surface area contributed by atoms with Crippen molar-refractivity contribution in [2.75, 3.05) is 26.2 Å². The first-order valence-electron chi connectivity index (χ1n) is 6.70. The molecule has 0 spiro atoms. The Morgan fingerprint density at radius 3 is 2.80 bits per heavy atom. The van der Waals surface area contributed by atoms with Crippen LogP contribution in [0.1, 0.15) is 45.4 Å². The lowest BCUT2D eigenvalue weighted by Crippen LogP contribution is -2.31. The van der Waals surface area contributed by atoms with Gasteiger partial charge < -0.3 is 10.6 Å². The molecule has 2 heteroatoms. The molecule has 1 saturated heterocycles. The van der Waals surface area contributed by atoms with Crippen LogP contribution >= 0.6 is 0 Å². The average molecular weight is 210 g/mol. The highest BCUT2D eigenvalue weighted by atomic mass is 14.9. The van der Waals surface area contributed by atoms with E-state index in [1.807, 2.05) is 0 Å². The Morgan fingerprint density at radius 1 is 1.33 bits per heavy atom. The van der Waals surface area contributed by atoms with Gasteiger partial charge in [-0.3, -0.25) is 0 Å². The molecule has 0 radical (unpaired) electrons. The van der Waals surface area contributed by atoms with Crippen molar-refractivity contribution in [3.63, 3.8) is 0 Å². The summed E-state index contributed by atoms with van der Waals surface area (Å²) in [6.45, 7) is 7.40. The van der Waals surface area contributed by atoms with Crippen molar-refractivity contribution in [2.24, 2.45) is 11.3 Å². The number of rotatable bonds is 5. The monoisotopic (exact) mass is 210 g/mol. The van der Waals surface area contributed by atoms with Gasteiger partial charge >= 0.3 is 0 Å². The van der Waals surface area contributed by atoms with Gasteiger partial charge in [0.15, 0.2) is 0 Å². The molecule has 1 aliphatic heterocycles. The van der Waals surface area contributed by atoms with Crippen molar-refractivity contribution in [1.29, 1.82) is 0 Å². The van der Waals surface area contributed by atoms with Gasteiger partial charge in [0.1, 0.15) is 0 Å². The van der Waals surface area contributed by atoms with Crippen LogP contribution in [-0.2, 0) is 0 Å². The van der Waals surface area contributed by atoms with Crippen molar-refractivity contribution in [1.82, 2.24) is 10.6 Å². The summed E-state index contributed by atoms with van der Waals surface area (Å²) in [6.07, 6.45) is 8.52. The molecule has 0 aromatic rings. The Balaban J connectivity index is 1.54. The molecule has 2 fully saturated rings. The molecular formula is C13H26N2. The van der Waals surface area contributed by atoms with Gasteiger partial charge in [-0.15, -0.1) is 0 Å². The minimum atomic E-state index is 0.619. The van der Waals surface area contributed by atoms with E-state index in [9.17, 15) is 0 Å². The summed E-state index contributed by atoms with van der Waals surface area (Å²) in [5.41, 5.74) is 0.619. The fourth-order valence-electron chi connectivity index (χ4n) is 3.06. The van der Waals surface area contributed by atoms with Crippen molar-refractivity contribution in [3.8, 4) is 0 Å². The van der Waals surface area contributed by atoms with Gasteiger partial charge in [-0.2, -0.15) is 0 Å². The minimum Gasteiger partial charge on any atom is -0.316 e. The Bertz CT molecular complexity index is 179. The van der Waals surface area contributed by atoms with Gasteiger partial charge in [0.2, 0.25) is 0 Å². The van der Waals surface area contributed by atoms with Crippen LogP contribution in [0, 0.1) is 11.3 Å². The van der Waals surface area contributed by atoms with E-state index in [1.165, 1.54) is 64.7 Å². The molecule has 15 heavy (non-hydrogen) atoms. The van der Waals surface area contributed by atoms with Crippen molar-refractivity contribution in [2.45, 2.75) is 45.4 Å². The summed E-state index contributed by atoms with van der Waals surface area (Å²) < 4.78 is 0. The van der Waals surface area contributed by atoms with Crippen LogP contribution in [0.3, 0.4) is 0 Å². The first kappa shape index (κ1) is 11.4. The van der Waals surface area contributed by atoms with E-state index in [2.05, 4.69) is 17.6 Å². The zero-order valence-electron chi connectivity index (χ0n) is 10.1. The summed E-state index contributed by atoms with van der Waals surface area (Å²) in [5, 5.41) is 7.10. The van der Waals surface area contributed by atoms with Crippen molar-refractivity contribution >= 4 is 0 Å². The van der Waals surface area contributed by atoms with E-state index in [4.69, 9.17) is 0 Å². The van der Waals surface area contributed by atoms with Crippen molar-refractivity contribution in [3.05, 3.63) is 0 Å². The largest absolute Gasteiger partial charge is 0.316 e. The first-order chi connectivity index (χ1) is 7.29. The highest BCUT2D eigenvalue weighted by Crippen LogP contribution is 2.36. The minimum absolute atomic E-state index is 0.619. The smallest absolute Gasteiger partial charge is 0.000516 e. The average Bonchev–Trinajstić information content (AvgIpc) is 2.84. The molecule has 1 saturated carbocycles. The molecule has 0 aromatic carbocycles. The Labute approximate surface area is 94.2 Å². The zero-order chi connectivity index (χ0) is 10.6. The molecule has 1 unspecified atom stereocenters. The lowest BCUT2D eigenvalue weighted by Gasteiger charge is -2.24. The van der Waals surface area contributed by atoms with Gasteiger partial charge in [-0.1, -0.05) is 19.8 Å². The third kappa shape index (κ3) is 3.46. The molecule has 0 aromatic heterocycles. The predicted octanol–water partition coefficient (Wildman–Crippen LogP) is 2.16. The normalized spacial score (nSPS) is 29.8. The quantitative estimate of drug-likeness (QED) is 0.680. The Morgan fingerprint density at radius 2 is 2.13 bits per heavy atom. The molecular weight excluding hydrogens is 184 g/mol. The zero-order valence-corrected chi connectivity index (χ0v) is 10.1. The van der Waals surface area contributed by atoms with Gasteiger partial charge in [0.25, 0.3) is 0 Å². The molecule has 2 rings (SSSR count). The maximum absolute atomic E-state index is 3.67. The van der Waals surface area contributed by atoms with Crippen LogP contribution in [0.25, 0.3) is 0 Å². The number of nitrogens with one attached hydrogen (secondary N) is 2. The highest BCUT2D eigenvalue weighted by Gasteiger charge is 2.27. The third-order valence-corrected chi connectivity index (χ3v) is 4.25. The van der Waals surface area contributed by atoms with E-state index < -0.39 is 0 Å². The SMILES string of the molecule is CC1(CNCCC2CCNC2)CCCC1. The van der Waals surface area contributed by atoms with Gasteiger partial charge in [0.05, 0.1) is 0 Å². The summed E-state index contributed by atoms with van der Waals surface area (Å²) in [5.74, 6) is 0.939. The Hall–Kier alpha value is -0.0800. The van der Waals surface area contributed by atoms with Crippen LogP contribution in [0.5, 0.6) is 0 Å². The molecule has 0 bridgehead atoms. The molecule has 2 N–H and O–H groups in total. The van der Waals surface area contributed by atoms with Crippen molar-refractivity contribution < 1.29 is 0 Å². The fraction of sp³-hybridized carbons (Fsp3) is 1.00. The summed E-state index contributed by atoms with van der Waals surface area (Å²) >= 11 is 0. The van der Waals surface area contributed by atoms with Gasteiger partial charge in [-0.25, -0.2) is 0 Å². The van der Waals surface area contributed by atoms with Crippen LogP contribution in [0.2, 0.25) is 0 Å². The van der Waals surface area contributed by atoms with Crippen LogP contribution in [0.4, 0.5) is 0 Å². The standard InChI is InChI=1S/C13H26N2/c1-13(6-2-3-7-13)11-15-9-5-12-4-8-14-10-12/h12,14-15H,2-11H2,1H3. The van der Waals surface area contributed by atoms with E-state index in [0.29, 0.717) is 5.41 Å². The van der Waals surface area contributed by atoms with Gasteiger partial charge in [0, 0.05) is 6.54 Å². The van der Waals surface area contributed by atoms with Crippen LogP contribution in [-0.4, -0.2) is 26.2 Å². The third-order valence-electron chi connectivity index (χ3n) is 4.25. The molecule has 2 nitrogen and oxygen atoms in total. The molecule has 0 amide bonds.